The number of nitrogens with one attached hydrogen (secondary N) is 1. The van der Waals surface area contributed by atoms with Crippen molar-refractivity contribution < 1.29 is 24.2 Å². The van der Waals surface area contributed by atoms with Crippen molar-refractivity contribution in [3.63, 3.8) is 0 Å². The van der Waals surface area contributed by atoms with Crippen molar-refractivity contribution in [2.75, 3.05) is 11.9 Å². The zero-order valence-corrected chi connectivity index (χ0v) is 10.0. The predicted octanol–water partition coefficient (Wildman–Crippen LogP) is 1.31. The van der Waals surface area contributed by atoms with Gasteiger partial charge in [-0.25, -0.2) is 4.79 Å². The minimum absolute atomic E-state index is 0.0188. The summed E-state index contributed by atoms with van der Waals surface area (Å²) in [6.07, 6.45) is 0. The van der Waals surface area contributed by atoms with Crippen molar-refractivity contribution >= 4 is 23.3 Å². The van der Waals surface area contributed by atoms with Crippen molar-refractivity contribution in [3.05, 3.63) is 23.8 Å². The molecule has 0 unspecified atom stereocenters. The molecule has 1 aromatic rings. The summed E-state index contributed by atoms with van der Waals surface area (Å²) in [5.41, 5.74) is 0.256. The van der Waals surface area contributed by atoms with E-state index in [4.69, 9.17) is 9.84 Å². The zero-order valence-electron chi connectivity index (χ0n) is 10.0. The van der Waals surface area contributed by atoms with Crippen LogP contribution in [-0.4, -0.2) is 29.4 Å². The first kappa shape index (κ1) is 13.7. The van der Waals surface area contributed by atoms with Gasteiger partial charge in [0.1, 0.15) is 5.75 Å². The predicted molar refractivity (Wildman–Crippen MR) is 63.9 cm³/mol. The van der Waals surface area contributed by atoms with Crippen LogP contribution in [0.15, 0.2) is 18.2 Å². The Balaban J connectivity index is 3.15. The number of hydrogen-bond donors (Lipinski definition) is 2. The van der Waals surface area contributed by atoms with Crippen LogP contribution >= 0.6 is 0 Å². The SMILES string of the molecule is CCOc1ccc(C(=O)C(=O)O)cc1NC(C)=O. The van der Waals surface area contributed by atoms with Crippen LogP contribution in [0.25, 0.3) is 0 Å². The summed E-state index contributed by atoms with van der Waals surface area (Å²) in [4.78, 5) is 32.9. The van der Waals surface area contributed by atoms with Crippen LogP contribution in [0.2, 0.25) is 0 Å². The van der Waals surface area contributed by atoms with Gasteiger partial charge in [-0.05, 0) is 25.1 Å². The lowest BCUT2D eigenvalue weighted by Gasteiger charge is -2.11. The quantitative estimate of drug-likeness (QED) is 0.608. The average molecular weight is 251 g/mol. The lowest BCUT2D eigenvalue weighted by Crippen LogP contribution is -2.14. The molecule has 0 fully saturated rings. The topological polar surface area (TPSA) is 92.7 Å². The van der Waals surface area contributed by atoms with E-state index in [0.717, 1.165) is 0 Å². The van der Waals surface area contributed by atoms with E-state index in [1.807, 2.05) is 0 Å². The molecule has 0 saturated carbocycles. The molecular weight excluding hydrogens is 238 g/mol. The molecule has 0 heterocycles. The number of benzene rings is 1. The standard InChI is InChI=1S/C12H13NO5/c1-3-18-10-5-4-8(11(15)12(16)17)6-9(10)13-7(2)14/h4-6H,3H2,1-2H3,(H,13,14)(H,16,17). The van der Waals surface area contributed by atoms with Gasteiger partial charge in [0.25, 0.3) is 5.78 Å². The van der Waals surface area contributed by atoms with E-state index in [2.05, 4.69) is 5.32 Å². The number of rotatable bonds is 5. The summed E-state index contributed by atoms with van der Waals surface area (Å²) in [7, 11) is 0. The van der Waals surface area contributed by atoms with Gasteiger partial charge in [-0.15, -0.1) is 0 Å². The lowest BCUT2D eigenvalue weighted by atomic mass is 10.1. The minimum atomic E-state index is -1.55. The van der Waals surface area contributed by atoms with Crippen LogP contribution in [0, 0.1) is 0 Å². The third-order valence-electron chi connectivity index (χ3n) is 2.05. The van der Waals surface area contributed by atoms with Gasteiger partial charge in [0.2, 0.25) is 5.91 Å². The fourth-order valence-electron chi connectivity index (χ4n) is 1.36. The molecule has 1 aromatic carbocycles. The van der Waals surface area contributed by atoms with E-state index < -0.39 is 11.8 Å². The second-order valence-electron chi connectivity index (χ2n) is 3.46. The highest BCUT2D eigenvalue weighted by molar-refractivity contribution is 6.40. The van der Waals surface area contributed by atoms with Crippen molar-refractivity contribution in [2.24, 2.45) is 0 Å². The maximum atomic E-state index is 11.3. The largest absolute Gasteiger partial charge is 0.492 e. The van der Waals surface area contributed by atoms with E-state index in [9.17, 15) is 14.4 Å². The Hall–Kier alpha value is -2.37. The number of carbonyl (C=O) groups excluding carboxylic acids is 2. The van der Waals surface area contributed by atoms with E-state index in [0.29, 0.717) is 12.4 Å². The Morgan fingerprint density at radius 1 is 1.33 bits per heavy atom. The fourth-order valence-corrected chi connectivity index (χ4v) is 1.36. The lowest BCUT2D eigenvalue weighted by molar-refractivity contribution is -0.131. The summed E-state index contributed by atoms with van der Waals surface area (Å²) < 4.78 is 5.26. The number of Topliss-reactive ketones (excluding diaryl/α,β-unsaturated/α-hetero) is 1. The van der Waals surface area contributed by atoms with Crippen molar-refractivity contribution in [3.8, 4) is 5.75 Å². The van der Waals surface area contributed by atoms with Crippen molar-refractivity contribution in [1.82, 2.24) is 0 Å². The number of carboxylic acids is 1. The van der Waals surface area contributed by atoms with Crippen LogP contribution in [0.5, 0.6) is 5.75 Å². The number of ether oxygens (including phenoxy) is 1. The number of ketones is 1. The van der Waals surface area contributed by atoms with E-state index in [-0.39, 0.29) is 17.2 Å². The smallest absolute Gasteiger partial charge is 0.377 e. The third-order valence-corrected chi connectivity index (χ3v) is 2.05. The van der Waals surface area contributed by atoms with Gasteiger partial charge in [0.15, 0.2) is 0 Å². The van der Waals surface area contributed by atoms with Crippen molar-refractivity contribution in [2.45, 2.75) is 13.8 Å². The number of carboxylic acid groups (broad SMARTS) is 1. The normalized spacial score (nSPS) is 9.67. The highest BCUT2D eigenvalue weighted by Gasteiger charge is 2.17. The Labute approximate surface area is 104 Å². The molecule has 1 amide bonds. The molecule has 1 rings (SSSR count). The summed E-state index contributed by atoms with van der Waals surface area (Å²) >= 11 is 0. The molecular formula is C12H13NO5. The van der Waals surface area contributed by atoms with Gasteiger partial charge in [0.05, 0.1) is 12.3 Å². The molecule has 0 spiro atoms. The molecule has 2 N–H and O–H groups in total. The molecule has 0 aliphatic carbocycles. The summed E-state index contributed by atoms with van der Waals surface area (Å²) in [5.74, 6) is -2.54. The second kappa shape index (κ2) is 5.81. The first-order chi connectivity index (χ1) is 8.45. The van der Waals surface area contributed by atoms with Gasteiger partial charge >= 0.3 is 5.97 Å². The highest BCUT2D eigenvalue weighted by atomic mass is 16.5. The van der Waals surface area contributed by atoms with Crippen LogP contribution < -0.4 is 10.1 Å². The number of hydrogen-bond acceptors (Lipinski definition) is 4. The van der Waals surface area contributed by atoms with Crippen LogP contribution in [0.1, 0.15) is 24.2 Å². The minimum Gasteiger partial charge on any atom is -0.492 e. The summed E-state index contributed by atoms with van der Waals surface area (Å²) in [5, 5.41) is 11.1. The maximum Gasteiger partial charge on any atom is 0.377 e. The molecule has 0 bridgehead atoms. The molecule has 6 nitrogen and oxygen atoms in total. The van der Waals surface area contributed by atoms with Gasteiger partial charge in [-0.3, -0.25) is 9.59 Å². The maximum absolute atomic E-state index is 11.3. The first-order valence-corrected chi connectivity index (χ1v) is 5.27. The Morgan fingerprint density at radius 3 is 2.50 bits per heavy atom. The number of carbonyl (C=O) groups is 3. The van der Waals surface area contributed by atoms with E-state index in [1.165, 1.54) is 25.1 Å². The monoisotopic (exact) mass is 251 g/mol. The Kier molecular flexibility index (Phi) is 4.42. The molecule has 0 aromatic heterocycles. The van der Waals surface area contributed by atoms with Gasteiger partial charge < -0.3 is 15.2 Å². The average Bonchev–Trinajstić information content (AvgIpc) is 2.30. The molecule has 18 heavy (non-hydrogen) atoms. The van der Waals surface area contributed by atoms with Gasteiger partial charge in [-0.2, -0.15) is 0 Å². The highest BCUT2D eigenvalue weighted by Crippen LogP contribution is 2.26. The van der Waals surface area contributed by atoms with Crippen molar-refractivity contribution in [1.29, 1.82) is 0 Å². The second-order valence-corrected chi connectivity index (χ2v) is 3.46. The molecule has 0 atom stereocenters. The first-order valence-electron chi connectivity index (χ1n) is 5.27. The molecule has 0 radical (unpaired) electrons. The molecule has 0 aliphatic rings. The molecule has 0 aliphatic heterocycles. The van der Waals surface area contributed by atoms with Gasteiger partial charge in [0, 0.05) is 12.5 Å². The van der Waals surface area contributed by atoms with E-state index in [1.54, 1.807) is 6.92 Å². The summed E-state index contributed by atoms with van der Waals surface area (Å²) in [6.45, 7) is 3.47. The summed E-state index contributed by atoms with van der Waals surface area (Å²) in [6, 6.07) is 4.07. The van der Waals surface area contributed by atoms with Gasteiger partial charge in [-0.1, -0.05) is 0 Å². The molecule has 6 heteroatoms. The number of anilines is 1. The zero-order chi connectivity index (χ0) is 13.7. The molecule has 0 saturated heterocycles. The van der Waals surface area contributed by atoms with Crippen LogP contribution in [-0.2, 0) is 9.59 Å². The van der Waals surface area contributed by atoms with E-state index >= 15 is 0 Å². The van der Waals surface area contributed by atoms with Crippen LogP contribution in [0.4, 0.5) is 5.69 Å². The third kappa shape index (κ3) is 3.31. The van der Waals surface area contributed by atoms with Crippen LogP contribution in [0.3, 0.4) is 0 Å². The number of aliphatic carboxylic acids is 1. The molecule has 96 valence electrons. The fraction of sp³-hybridized carbons (Fsp3) is 0.250. The Bertz CT molecular complexity index is 495. The number of amides is 1. The Morgan fingerprint density at radius 2 is 2.00 bits per heavy atom.